The minimum Gasteiger partial charge on any atom is -0.394 e. The zero-order valence-electron chi connectivity index (χ0n) is 22.2. The second-order valence-electron chi connectivity index (χ2n) is 8.83. The number of carbonyl (C=O) groups excluding carboxylic acids is 2. The molecule has 0 aliphatic heterocycles. The van der Waals surface area contributed by atoms with E-state index in [4.69, 9.17) is 14.6 Å². The molecule has 1 heterocycles. The molecule has 1 atom stereocenters. The Hall–Kier alpha value is -2.89. The zero-order chi connectivity index (χ0) is 26.8. The van der Waals surface area contributed by atoms with E-state index in [2.05, 4.69) is 26.2 Å². The van der Waals surface area contributed by atoms with Crippen molar-refractivity contribution in [2.75, 3.05) is 33.0 Å². The van der Waals surface area contributed by atoms with Crippen LogP contribution in [0, 0.1) is 5.41 Å². The number of nitrogens with one attached hydrogen (secondary N) is 2. The summed E-state index contributed by atoms with van der Waals surface area (Å²) in [7, 11) is 0. The topological polar surface area (TPSA) is 140 Å². The Labute approximate surface area is 213 Å². The number of benzene rings is 1. The van der Waals surface area contributed by atoms with Gasteiger partial charge in [-0.15, -0.1) is 5.10 Å². The number of aliphatic hydroxyl groups is 1. The smallest absolute Gasteiger partial charge is 0.226 e. The number of hydrogen-bond donors (Lipinski definition) is 3. The molecule has 11 nitrogen and oxygen atoms in total. The van der Waals surface area contributed by atoms with Crippen LogP contribution >= 0.6 is 0 Å². The second kappa shape index (κ2) is 17.5. The standard InChI is InChI=1S/C23H36N6O5.C2H6/c1-23(2,3)22(32)25-19(17-34-16-18-8-5-4-6-9-18)21-26-27-28-29(21)12-7-10-20(31)24-11-14-33-15-13-30;1-2/h4-6,8-9,19,30H,7,10-17H2,1-3H3,(H,24,31)(H,25,32);1-2H3. The van der Waals surface area contributed by atoms with E-state index in [0.29, 0.717) is 45.0 Å². The Balaban J connectivity index is 0.00000316. The van der Waals surface area contributed by atoms with Gasteiger partial charge in [0.15, 0.2) is 5.82 Å². The minimum atomic E-state index is -0.588. The Morgan fingerprint density at radius 1 is 1.11 bits per heavy atom. The largest absolute Gasteiger partial charge is 0.394 e. The molecule has 1 aromatic heterocycles. The molecule has 0 saturated carbocycles. The lowest BCUT2D eigenvalue weighted by molar-refractivity contribution is -0.130. The molecule has 0 fully saturated rings. The van der Waals surface area contributed by atoms with Gasteiger partial charge in [0, 0.05) is 24.9 Å². The number of aliphatic hydroxyl groups excluding tert-OH is 1. The van der Waals surface area contributed by atoms with Gasteiger partial charge >= 0.3 is 0 Å². The lowest BCUT2D eigenvalue weighted by Crippen LogP contribution is -2.40. The molecule has 0 aliphatic carbocycles. The summed E-state index contributed by atoms with van der Waals surface area (Å²) in [6.07, 6.45) is 0.814. The Bertz CT molecular complexity index is 869. The first-order chi connectivity index (χ1) is 17.3. The van der Waals surface area contributed by atoms with E-state index in [-0.39, 0.29) is 31.6 Å². The van der Waals surface area contributed by atoms with Crippen LogP contribution in [0.1, 0.15) is 64.9 Å². The molecule has 36 heavy (non-hydrogen) atoms. The molecule has 0 saturated heterocycles. The summed E-state index contributed by atoms with van der Waals surface area (Å²) in [5, 5.41) is 26.4. The molecule has 0 radical (unpaired) electrons. The van der Waals surface area contributed by atoms with Gasteiger partial charge in [-0.25, -0.2) is 4.68 Å². The molecule has 11 heteroatoms. The van der Waals surface area contributed by atoms with Crippen LogP contribution in [0.5, 0.6) is 0 Å². The van der Waals surface area contributed by atoms with E-state index in [1.807, 2.05) is 65.0 Å². The fourth-order valence-corrected chi connectivity index (χ4v) is 2.95. The van der Waals surface area contributed by atoms with Crippen molar-refractivity contribution in [1.29, 1.82) is 0 Å². The summed E-state index contributed by atoms with van der Waals surface area (Å²) in [6, 6.07) is 9.22. The molecule has 1 unspecified atom stereocenters. The van der Waals surface area contributed by atoms with Crippen LogP contribution in [0.2, 0.25) is 0 Å². The van der Waals surface area contributed by atoms with Crippen molar-refractivity contribution >= 4 is 11.8 Å². The quantitative estimate of drug-likeness (QED) is 0.312. The molecule has 0 spiro atoms. The van der Waals surface area contributed by atoms with Gasteiger partial charge in [0.25, 0.3) is 0 Å². The summed E-state index contributed by atoms with van der Waals surface area (Å²) in [6.45, 7) is 11.4. The molecule has 2 rings (SSSR count). The zero-order valence-corrected chi connectivity index (χ0v) is 22.2. The third-order valence-electron chi connectivity index (χ3n) is 4.83. The number of rotatable bonds is 15. The normalized spacial score (nSPS) is 11.8. The van der Waals surface area contributed by atoms with Gasteiger partial charge in [-0.05, 0) is 22.4 Å². The predicted octanol–water partition coefficient (Wildman–Crippen LogP) is 2.02. The summed E-state index contributed by atoms with van der Waals surface area (Å²) >= 11 is 0. The maximum Gasteiger partial charge on any atom is 0.226 e. The molecular weight excluding hydrogens is 464 g/mol. The van der Waals surface area contributed by atoms with E-state index in [1.54, 1.807) is 4.68 Å². The molecule has 2 amide bonds. The van der Waals surface area contributed by atoms with Gasteiger partial charge in [-0.2, -0.15) is 0 Å². The highest BCUT2D eigenvalue weighted by Gasteiger charge is 2.28. The molecule has 0 bridgehead atoms. The first kappa shape index (κ1) is 31.1. The molecular formula is C25H42N6O5. The number of tetrazole rings is 1. The van der Waals surface area contributed by atoms with Crippen molar-refractivity contribution in [3.63, 3.8) is 0 Å². The van der Waals surface area contributed by atoms with Gasteiger partial charge in [0.2, 0.25) is 11.8 Å². The highest BCUT2D eigenvalue weighted by molar-refractivity contribution is 5.81. The number of carbonyl (C=O) groups is 2. The van der Waals surface area contributed by atoms with Gasteiger partial charge in [0.1, 0.15) is 6.04 Å². The first-order valence-electron chi connectivity index (χ1n) is 12.4. The third kappa shape index (κ3) is 12.2. The monoisotopic (exact) mass is 506 g/mol. The van der Waals surface area contributed by atoms with Crippen molar-refractivity contribution in [1.82, 2.24) is 30.8 Å². The predicted molar refractivity (Wildman–Crippen MR) is 136 cm³/mol. The minimum absolute atomic E-state index is 0.0449. The summed E-state index contributed by atoms with van der Waals surface area (Å²) in [5.74, 6) is 0.229. The van der Waals surface area contributed by atoms with Crippen LogP contribution in [-0.2, 0) is 32.2 Å². The number of ether oxygens (including phenoxy) is 2. The number of hydrogen-bond acceptors (Lipinski definition) is 8. The second-order valence-corrected chi connectivity index (χ2v) is 8.83. The Morgan fingerprint density at radius 3 is 2.50 bits per heavy atom. The van der Waals surface area contributed by atoms with E-state index < -0.39 is 11.5 Å². The van der Waals surface area contributed by atoms with Crippen molar-refractivity contribution in [2.24, 2.45) is 5.41 Å². The van der Waals surface area contributed by atoms with Crippen LogP contribution in [0.25, 0.3) is 0 Å². The number of aryl methyl sites for hydroxylation is 1. The van der Waals surface area contributed by atoms with E-state index in [9.17, 15) is 9.59 Å². The van der Waals surface area contributed by atoms with Crippen LogP contribution in [0.3, 0.4) is 0 Å². The molecule has 202 valence electrons. The van der Waals surface area contributed by atoms with Crippen LogP contribution in [0.4, 0.5) is 0 Å². The molecule has 0 aliphatic rings. The van der Waals surface area contributed by atoms with Gasteiger partial charge in [-0.3, -0.25) is 9.59 Å². The van der Waals surface area contributed by atoms with Gasteiger partial charge < -0.3 is 25.2 Å². The molecule has 2 aromatic rings. The van der Waals surface area contributed by atoms with Crippen molar-refractivity contribution in [3.05, 3.63) is 41.7 Å². The summed E-state index contributed by atoms with van der Waals surface area (Å²) < 4.78 is 12.6. The first-order valence-corrected chi connectivity index (χ1v) is 12.4. The average Bonchev–Trinajstić information content (AvgIpc) is 3.33. The average molecular weight is 507 g/mol. The van der Waals surface area contributed by atoms with E-state index in [0.717, 1.165) is 5.56 Å². The highest BCUT2D eigenvalue weighted by Crippen LogP contribution is 2.18. The van der Waals surface area contributed by atoms with Gasteiger partial charge in [0.05, 0.1) is 33.0 Å². The number of aromatic nitrogens is 4. The van der Waals surface area contributed by atoms with Crippen LogP contribution in [0.15, 0.2) is 30.3 Å². The molecule has 3 N–H and O–H groups in total. The maximum absolute atomic E-state index is 12.7. The van der Waals surface area contributed by atoms with Gasteiger partial charge in [-0.1, -0.05) is 65.0 Å². The fourth-order valence-electron chi connectivity index (χ4n) is 2.95. The van der Waals surface area contributed by atoms with Crippen molar-refractivity contribution in [2.45, 2.75) is 66.7 Å². The lowest BCUT2D eigenvalue weighted by atomic mass is 9.95. The number of amides is 2. The Morgan fingerprint density at radius 2 is 1.83 bits per heavy atom. The maximum atomic E-state index is 12.7. The lowest BCUT2D eigenvalue weighted by Gasteiger charge is -2.24. The SMILES string of the molecule is CC.CC(C)(C)C(=O)NC(COCc1ccccc1)c1nnnn1CCCC(=O)NCCOCCO. The Kier molecular flexibility index (Phi) is 15.2. The summed E-state index contributed by atoms with van der Waals surface area (Å²) in [4.78, 5) is 24.7. The van der Waals surface area contributed by atoms with Crippen molar-refractivity contribution in [3.8, 4) is 0 Å². The van der Waals surface area contributed by atoms with E-state index >= 15 is 0 Å². The number of nitrogens with zero attached hydrogens (tertiary/aromatic N) is 4. The molecule has 1 aromatic carbocycles. The summed E-state index contributed by atoms with van der Waals surface area (Å²) in [5.41, 5.74) is 0.436. The van der Waals surface area contributed by atoms with E-state index in [1.165, 1.54) is 0 Å². The third-order valence-corrected chi connectivity index (χ3v) is 4.83. The van der Waals surface area contributed by atoms with Crippen LogP contribution in [-0.4, -0.2) is 70.1 Å². The van der Waals surface area contributed by atoms with Crippen molar-refractivity contribution < 1.29 is 24.2 Å². The van der Waals surface area contributed by atoms with Crippen LogP contribution < -0.4 is 10.6 Å². The highest BCUT2D eigenvalue weighted by atomic mass is 16.5. The fraction of sp³-hybridized carbons (Fsp3) is 0.640.